The molecule has 0 radical (unpaired) electrons. The van der Waals surface area contributed by atoms with E-state index < -0.39 is 0 Å². The number of ether oxygens (including phenoxy) is 1. The van der Waals surface area contributed by atoms with Crippen LogP contribution in [0.15, 0.2) is 23.6 Å². The zero-order chi connectivity index (χ0) is 11.7. The molecule has 0 atom stereocenters. The fraction of sp³-hybridized carbons (Fsp3) is 0.385. The molecule has 0 unspecified atom stereocenters. The molecule has 2 nitrogen and oxygen atoms in total. The van der Waals surface area contributed by atoms with Gasteiger partial charge in [-0.15, -0.1) is 11.3 Å². The third-order valence-corrected chi connectivity index (χ3v) is 4.36. The molecule has 1 aromatic carbocycles. The van der Waals surface area contributed by atoms with E-state index in [0.29, 0.717) is 0 Å². The largest absolute Gasteiger partial charge is 0.379 e. The summed E-state index contributed by atoms with van der Waals surface area (Å²) in [5, 5.41) is 4.37. The van der Waals surface area contributed by atoms with Crippen LogP contribution >= 0.6 is 22.9 Å². The van der Waals surface area contributed by atoms with Gasteiger partial charge in [0.2, 0.25) is 0 Å². The smallest absolute Gasteiger partial charge is 0.0594 e. The normalized spacial score (nSPS) is 17.7. The number of hydrogen-bond acceptors (Lipinski definition) is 3. The molecule has 0 amide bonds. The van der Waals surface area contributed by atoms with Crippen LogP contribution in [0.2, 0.25) is 5.02 Å². The number of nitrogens with zero attached hydrogens (tertiary/aromatic N) is 1. The summed E-state index contributed by atoms with van der Waals surface area (Å²) in [6, 6.07) is 6.13. The van der Waals surface area contributed by atoms with E-state index >= 15 is 0 Å². The molecule has 0 N–H and O–H groups in total. The van der Waals surface area contributed by atoms with Crippen molar-refractivity contribution in [3.8, 4) is 0 Å². The van der Waals surface area contributed by atoms with E-state index in [1.54, 1.807) is 11.3 Å². The van der Waals surface area contributed by atoms with Gasteiger partial charge in [0.25, 0.3) is 0 Å². The van der Waals surface area contributed by atoms with Gasteiger partial charge in [0.15, 0.2) is 0 Å². The van der Waals surface area contributed by atoms with Crippen LogP contribution in [0, 0.1) is 0 Å². The maximum atomic E-state index is 6.06. The zero-order valence-electron chi connectivity index (χ0n) is 9.49. The Kier molecular flexibility index (Phi) is 3.34. The molecular weight excluding hydrogens is 254 g/mol. The first kappa shape index (κ1) is 11.5. The second-order valence-electron chi connectivity index (χ2n) is 4.29. The topological polar surface area (TPSA) is 12.5 Å². The molecule has 3 rings (SSSR count). The number of hydrogen-bond donors (Lipinski definition) is 0. The number of thiophene rings is 1. The summed E-state index contributed by atoms with van der Waals surface area (Å²) >= 11 is 7.86. The lowest BCUT2D eigenvalue weighted by Crippen LogP contribution is -2.35. The van der Waals surface area contributed by atoms with Crippen LogP contribution in [0.25, 0.3) is 10.1 Å². The summed E-state index contributed by atoms with van der Waals surface area (Å²) in [6.45, 7) is 4.76. The molecule has 0 bridgehead atoms. The molecule has 4 heteroatoms. The molecule has 1 aliphatic heterocycles. The molecular formula is C13H14ClNOS. The van der Waals surface area contributed by atoms with E-state index in [0.717, 1.165) is 37.9 Å². The van der Waals surface area contributed by atoms with Crippen molar-refractivity contribution in [2.24, 2.45) is 0 Å². The predicted molar refractivity (Wildman–Crippen MR) is 72.9 cm³/mol. The van der Waals surface area contributed by atoms with Gasteiger partial charge in [0.1, 0.15) is 0 Å². The minimum Gasteiger partial charge on any atom is -0.379 e. The Balaban J connectivity index is 1.86. The molecule has 17 heavy (non-hydrogen) atoms. The number of fused-ring (bicyclic) bond motifs is 1. The average Bonchev–Trinajstić information content (AvgIpc) is 2.73. The van der Waals surface area contributed by atoms with Gasteiger partial charge in [-0.05, 0) is 34.5 Å². The molecule has 1 fully saturated rings. The molecule has 90 valence electrons. The standard InChI is InChI=1S/C13H14ClNOS/c14-11-1-2-13-12(7-11)10(9-17-13)8-15-3-5-16-6-4-15/h1-2,7,9H,3-6,8H2. The van der Waals surface area contributed by atoms with Gasteiger partial charge in [-0.2, -0.15) is 0 Å². The highest BCUT2D eigenvalue weighted by Crippen LogP contribution is 2.29. The summed E-state index contributed by atoms with van der Waals surface area (Å²) in [6.07, 6.45) is 0. The van der Waals surface area contributed by atoms with Gasteiger partial charge in [-0.1, -0.05) is 11.6 Å². The van der Waals surface area contributed by atoms with Crippen molar-refractivity contribution in [1.29, 1.82) is 0 Å². The molecule has 0 spiro atoms. The Morgan fingerprint density at radius 2 is 2.12 bits per heavy atom. The molecule has 1 aliphatic rings. The first-order chi connectivity index (χ1) is 8.33. The molecule has 0 aliphatic carbocycles. The highest BCUT2D eigenvalue weighted by molar-refractivity contribution is 7.17. The van der Waals surface area contributed by atoms with Crippen LogP contribution in [-0.2, 0) is 11.3 Å². The van der Waals surface area contributed by atoms with Crippen LogP contribution in [0.5, 0.6) is 0 Å². The van der Waals surface area contributed by atoms with Crippen molar-refractivity contribution in [2.45, 2.75) is 6.54 Å². The van der Waals surface area contributed by atoms with Crippen LogP contribution in [0.4, 0.5) is 0 Å². The van der Waals surface area contributed by atoms with Crippen LogP contribution in [-0.4, -0.2) is 31.2 Å². The lowest BCUT2D eigenvalue weighted by atomic mass is 10.1. The Labute approximate surface area is 110 Å². The van der Waals surface area contributed by atoms with Crippen molar-refractivity contribution in [3.05, 3.63) is 34.2 Å². The Bertz CT molecular complexity index is 519. The van der Waals surface area contributed by atoms with Crippen LogP contribution in [0.3, 0.4) is 0 Å². The van der Waals surface area contributed by atoms with Crippen molar-refractivity contribution in [1.82, 2.24) is 4.90 Å². The fourth-order valence-electron chi connectivity index (χ4n) is 2.18. The fourth-order valence-corrected chi connectivity index (χ4v) is 3.28. The maximum absolute atomic E-state index is 6.06. The van der Waals surface area contributed by atoms with Crippen LogP contribution < -0.4 is 0 Å². The summed E-state index contributed by atoms with van der Waals surface area (Å²) in [4.78, 5) is 2.44. The van der Waals surface area contributed by atoms with Crippen molar-refractivity contribution < 1.29 is 4.74 Å². The number of benzene rings is 1. The second kappa shape index (κ2) is 4.94. The second-order valence-corrected chi connectivity index (χ2v) is 5.64. The van der Waals surface area contributed by atoms with E-state index in [1.165, 1.54) is 15.6 Å². The van der Waals surface area contributed by atoms with E-state index in [2.05, 4.69) is 22.4 Å². The highest BCUT2D eigenvalue weighted by Gasteiger charge is 2.13. The lowest BCUT2D eigenvalue weighted by molar-refractivity contribution is 0.0344. The molecule has 0 saturated carbocycles. The summed E-state index contributed by atoms with van der Waals surface area (Å²) < 4.78 is 6.68. The Morgan fingerprint density at radius 1 is 1.29 bits per heavy atom. The van der Waals surface area contributed by atoms with Gasteiger partial charge >= 0.3 is 0 Å². The SMILES string of the molecule is Clc1ccc2scc(CN3CCOCC3)c2c1. The first-order valence-corrected chi connectivity index (χ1v) is 7.04. The average molecular weight is 268 g/mol. The third-order valence-electron chi connectivity index (χ3n) is 3.11. The van der Waals surface area contributed by atoms with E-state index in [1.807, 2.05) is 6.07 Å². The number of morpholine rings is 1. The Morgan fingerprint density at radius 3 is 2.94 bits per heavy atom. The van der Waals surface area contributed by atoms with Crippen molar-refractivity contribution in [2.75, 3.05) is 26.3 Å². The monoisotopic (exact) mass is 267 g/mol. The summed E-state index contributed by atoms with van der Waals surface area (Å²) in [5.74, 6) is 0. The summed E-state index contributed by atoms with van der Waals surface area (Å²) in [5.41, 5.74) is 1.38. The van der Waals surface area contributed by atoms with Gasteiger partial charge in [-0.25, -0.2) is 0 Å². The van der Waals surface area contributed by atoms with E-state index in [4.69, 9.17) is 16.3 Å². The van der Waals surface area contributed by atoms with Gasteiger partial charge in [-0.3, -0.25) is 4.90 Å². The summed E-state index contributed by atoms with van der Waals surface area (Å²) in [7, 11) is 0. The number of halogens is 1. The van der Waals surface area contributed by atoms with Crippen LogP contribution in [0.1, 0.15) is 5.56 Å². The van der Waals surface area contributed by atoms with Gasteiger partial charge in [0, 0.05) is 29.4 Å². The minimum absolute atomic E-state index is 0.819. The lowest BCUT2D eigenvalue weighted by Gasteiger charge is -2.26. The third kappa shape index (κ3) is 2.47. The number of rotatable bonds is 2. The molecule has 1 aromatic heterocycles. The quantitative estimate of drug-likeness (QED) is 0.827. The van der Waals surface area contributed by atoms with E-state index in [-0.39, 0.29) is 0 Å². The minimum atomic E-state index is 0.819. The molecule has 2 heterocycles. The van der Waals surface area contributed by atoms with Gasteiger partial charge in [0.05, 0.1) is 13.2 Å². The predicted octanol–water partition coefficient (Wildman–Crippen LogP) is 3.39. The molecule has 1 saturated heterocycles. The zero-order valence-corrected chi connectivity index (χ0v) is 11.1. The first-order valence-electron chi connectivity index (χ1n) is 5.79. The highest BCUT2D eigenvalue weighted by atomic mass is 35.5. The van der Waals surface area contributed by atoms with Crippen molar-refractivity contribution in [3.63, 3.8) is 0 Å². The van der Waals surface area contributed by atoms with Gasteiger partial charge < -0.3 is 4.74 Å². The molecule has 2 aromatic rings. The van der Waals surface area contributed by atoms with Crippen molar-refractivity contribution >= 4 is 33.0 Å². The maximum Gasteiger partial charge on any atom is 0.0594 e. The Hall–Kier alpha value is -0.610. The van der Waals surface area contributed by atoms with E-state index in [9.17, 15) is 0 Å².